The van der Waals surface area contributed by atoms with Crippen molar-refractivity contribution in [1.29, 1.82) is 0 Å². The van der Waals surface area contributed by atoms with Crippen LogP contribution in [-0.2, 0) is 28.6 Å². The van der Waals surface area contributed by atoms with Gasteiger partial charge in [-0.05, 0) is 69.2 Å². The Hall–Kier alpha value is -1.59. The van der Waals surface area contributed by atoms with Crippen molar-refractivity contribution in [3.05, 3.63) is 0 Å². The van der Waals surface area contributed by atoms with E-state index in [4.69, 9.17) is 14.2 Å². The number of hydrogen-bond donors (Lipinski definition) is 0. The lowest BCUT2D eigenvalue weighted by atomic mass is 9.92. The Morgan fingerprint density at radius 1 is 0.500 bits per heavy atom. The van der Waals surface area contributed by atoms with E-state index in [1.165, 1.54) is 0 Å². The van der Waals surface area contributed by atoms with E-state index in [0.717, 1.165) is 0 Å². The van der Waals surface area contributed by atoms with Gasteiger partial charge in [0.25, 0.3) is 0 Å². The van der Waals surface area contributed by atoms with Gasteiger partial charge in [-0.25, -0.2) is 0 Å². The van der Waals surface area contributed by atoms with E-state index >= 15 is 0 Å². The topological polar surface area (TPSA) is 78.9 Å². The Labute approximate surface area is 157 Å². The zero-order chi connectivity index (χ0) is 21.0. The highest BCUT2D eigenvalue weighted by Crippen LogP contribution is 2.25. The third-order valence-corrected chi connectivity index (χ3v) is 3.49. The van der Waals surface area contributed by atoms with E-state index in [2.05, 4.69) is 0 Å². The molecule has 0 saturated heterocycles. The van der Waals surface area contributed by atoms with Crippen molar-refractivity contribution in [3.63, 3.8) is 0 Å². The largest absolute Gasteiger partial charge is 0.464 e. The van der Waals surface area contributed by atoms with Gasteiger partial charge >= 0.3 is 17.9 Å². The Bertz CT molecular complexity index is 440. The van der Waals surface area contributed by atoms with Crippen molar-refractivity contribution < 1.29 is 28.6 Å². The number of ether oxygens (including phenoxy) is 3. The molecule has 0 bridgehead atoms. The molecule has 0 radical (unpaired) electrons. The highest BCUT2D eigenvalue weighted by Gasteiger charge is 2.35. The molecule has 0 saturated carbocycles. The van der Waals surface area contributed by atoms with E-state index in [1.807, 2.05) is 0 Å². The standard InChI is InChI=1S/C20H36O6/c1-17(2,3)14(21)24-11-20(10,12-25-15(22)18(4,5)6)13-26-16(23)19(7,8)9/h11-13H2,1-10H3. The average molecular weight is 373 g/mol. The molecule has 0 atom stereocenters. The molecule has 26 heavy (non-hydrogen) atoms. The Balaban J connectivity index is 5.10. The second-order valence-electron chi connectivity index (χ2n) is 10.3. The predicted octanol–water partition coefficient (Wildman–Crippen LogP) is 3.76. The molecular formula is C20H36O6. The van der Waals surface area contributed by atoms with Crippen molar-refractivity contribution in [2.24, 2.45) is 21.7 Å². The maximum atomic E-state index is 12.1. The third kappa shape index (κ3) is 8.68. The number of carbonyl (C=O) groups excluding carboxylic acids is 3. The van der Waals surface area contributed by atoms with Gasteiger partial charge in [0, 0.05) is 0 Å². The monoisotopic (exact) mass is 372 g/mol. The fourth-order valence-corrected chi connectivity index (χ4v) is 1.49. The van der Waals surface area contributed by atoms with Crippen molar-refractivity contribution in [2.75, 3.05) is 19.8 Å². The molecule has 0 aromatic rings. The van der Waals surface area contributed by atoms with Crippen molar-refractivity contribution in [3.8, 4) is 0 Å². The van der Waals surface area contributed by atoms with Crippen LogP contribution >= 0.6 is 0 Å². The van der Waals surface area contributed by atoms with Crippen LogP contribution in [0.25, 0.3) is 0 Å². The van der Waals surface area contributed by atoms with Crippen LogP contribution in [0.4, 0.5) is 0 Å². The molecular weight excluding hydrogens is 336 g/mol. The van der Waals surface area contributed by atoms with Crippen molar-refractivity contribution >= 4 is 17.9 Å². The summed E-state index contributed by atoms with van der Waals surface area (Å²) in [5.74, 6) is -1.10. The van der Waals surface area contributed by atoms with Crippen LogP contribution < -0.4 is 0 Å². The first kappa shape index (κ1) is 24.4. The molecule has 0 rings (SSSR count). The first-order valence-electron chi connectivity index (χ1n) is 8.90. The Morgan fingerprint density at radius 2 is 0.692 bits per heavy atom. The molecule has 152 valence electrons. The van der Waals surface area contributed by atoms with Gasteiger partial charge in [-0.2, -0.15) is 0 Å². The second-order valence-corrected chi connectivity index (χ2v) is 10.3. The molecule has 6 heteroatoms. The molecule has 0 aromatic carbocycles. The normalized spacial score (nSPS) is 13.2. The SMILES string of the molecule is CC(COC(=O)C(C)(C)C)(COC(=O)C(C)(C)C)COC(=O)C(C)(C)C. The van der Waals surface area contributed by atoms with Crippen LogP contribution in [0.3, 0.4) is 0 Å². The minimum absolute atomic E-state index is 0.0159. The molecule has 0 aliphatic heterocycles. The molecule has 0 heterocycles. The van der Waals surface area contributed by atoms with Gasteiger partial charge < -0.3 is 14.2 Å². The molecule has 0 aromatic heterocycles. The van der Waals surface area contributed by atoms with Crippen LogP contribution in [0.1, 0.15) is 69.2 Å². The predicted molar refractivity (Wildman–Crippen MR) is 99.3 cm³/mol. The zero-order valence-corrected chi connectivity index (χ0v) is 18.1. The maximum absolute atomic E-state index is 12.1. The van der Waals surface area contributed by atoms with Gasteiger partial charge in [0.2, 0.25) is 0 Å². The molecule has 0 fully saturated rings. The van der Waals surface area contributed by atoms with Crippen LogP contribution in [0.5, 0.6) is 0 Å². The molecule has 0 N–H and O–H groups in total. The van der Waals surface area contributed by atoms with E-state index < -0.39 is 21.7 Å². The zero-order valence-electron chi connectivity index (χ0n) is 18.1. The first-order chi connectivity index (χ1) is 11.4. The molecule has 0 aliphatic rings. The number of carbonyl (C=O) groups is 3. The summed E-state index contributed by atoms with van der Waals surface area (Å²) in [6.07, 6.45) is 0. The second kappa shape index (κ2) is 8.40. The van der Waals surface area contributed by atoms with Gasteiger partial charge in [0.1, 0.15) is 19.8 Å². The van der Waals surface area contributed by atoms with Crippen molar-refractivity contribution in [2.45, 2.75) is 69.2 Å². The van der Waals surface area contributed by atoms with E-state index in [-0.39, 0.29) is 37.7 Å². The summed E-state index contributed by atoms with van der Waals surface area (Å²) < 4.78 is 16.2. The summed E-state index contributed by atoms with van der Waals surface area (Å²) in [5.41, 5.74) is -2.77. The quantitative estimate of drug-likeness (QED) is 0.522. The van der Waals surface area contributed by atoms with Gasteiger partial charge in [0.15, 0.2) is 0 Å². The summed E-state index contributed by atoms with van der Waals surface area (Å²) >= 11 is 0. The van der Waals surface area contributed by atoms with E-state index in [0.29, 0.717) is 0 Å². The average Bonchev–Trinajstić information content (AvgIpc) is 2.45. The van der Waals surface area contributed by atoms with Gasteiger partial charge in [-0.15, -0.1) is 0 Å². The molecule has 0 unspecified atom stereocenters. The first-order valence-corrected chi connectivity index (χ1v) is 8.90. The Kier molecular flexibility index (Phi) is 7.89. The van der Waals surface area contributed by atoms with Gasteiger partial charge in [-0.1, -0.05) is 0 Å². The lowest BCUT2D eigenvalue weighted by Crippen LogP contribution is -2.40. The van der Waals surface area contributed by atoms with Crippen LogP contribution in [0.15, 0.2) is 0 Å². The molecule has 0 amide bonds. The molecule has 0 aliphatic carbocycles. The molecule has 0 spiro atoms. The highest BCUT2D eigenvalue weighted by atomic mass is 16.6. The Morgan fingerprint density at radius 3 is 0.846 bits per heavy atom. The minimum atomic E-state index is -0.831. The lowest BCUT2D eigenvalue weighted by molar-refractivity contribution is -0.170. The summed E-state index contributed by atoms with van der Waals surface area (Å²) in [6, 6.07) is 0. The fraction of sp³-hybridized carbons (Fsp3) is 0.850. The summed E-state index contributed by atoms with van der Waals surface area (Å²) in [4.78, 5) is 36.2. The van der Waals surface area contributed by atoms with E-state index in [9.17, 15) is 14.4 Å². The fourth-order valence-electron chi connectivity index (χ4n) is 1.49. The highest BCUT2D eigenvalue weighted by molar-refractivity contribution is 5.76. The minimum Gasteiger partial charge on any atom is -0.464 e. The number of hydrogen-bond acceptors (Lipinski definition) is 6. The summed E-state index contributed by atoms with van der Waals surface area (Å²) in [5, 5.41) is 0. The smallest absolute Gasteiger partial charge is 0.311 e. The van der Waals surface area contributed by atoms with Gasteiger partial charge in [-0.3, -0.25) is 14.4 Å². The van der Waals surface area contributed by atoms with Crippen LogP contribution in [0, 0.1) is 21.7 Å². The van der Waals surface area contributed by atoms with Gasteiger partial charge in [0.05, 0.1) is 21.7 Å². The van der Waals surface area contributed by atoms with Crippen LogP contribution in [-0.4, -0.2) is 37.7 Å². The number of esters is 3. The maximum Gasteiger partial charge on any atom is 0.311 e. The van der Waals surface area contributed by atoms with E-state index in [1.54, 1.807) is 69.2 Å². The summed E-state index contributed by atoms with van der Waals surface area (Å²) in [6.45, 7) is 17.5. The third-order valence-electron chi connectivity index (χ3n) is 3.49. The number of rotatable bonds is 6. The lowest BCUT2D eigenvalue weighted by Gasteiger charge is -2.31. The molecule has 6 nitrogen and oxygen atoms in total. The van der Waals surface area contributed by atoms with Crippen LogP contribution in [0.2, 0.25) is 0 Å². The summed E-state index contributed by atoms with van der Waals surface area (Å²) in [7, 11) is 0. The van der Waals surface area contributed by atoms with Crippen molar-refractivity contribution in [1.82, 2.24) is 0 Å².